The van der Waals surface area contributed by atoms with Gasteiger partial charge in [-0.1, -0.05) is 12.1 Å². The molecule has 0 radical (unpaired) electrons. The molecule has 0 spiro atoms. The van der Waals surface area contributed by atoms with Gasteiger partial charge < -0.3 is 19.7 Å². The Labute approximate surface area is 119 Å². The lowest BCUT2D eigenvalue weighted by Crippen LogP contribution is -2.32. The summed E-state index contributed by atoms with van der Waals surface area (Å²) in [4.78, 5) is 4.08. The maximum absolute atomic E-state index is 9.86. The molecular weight excluding hydrogens is 258 g/mol. The summed E-state index contributed by atoms with van der Waals surface area (Å²) in [7, 11) is 0. The maximum atomic E-state index is 9.86. The van der Waals surface area contributed by atoms with Crippen molar-refractivity contribution in [2.75, 3.05) is 13.2 Å². The molecule has 1 saturated carbocycles. The summed E-state index contributed by atoms with van der Waals surface area (Å²) in [5, 5.41) is 16.7. The van der Waals surface area contributed by atoms with Gasteiger partial charge in [-0.15, -0.1) is 0 Å². The van der Waals surface area contributed by atoms with Crippen LogP contribution in [0.2, 0.25) is 0 Å². The fraction of sp³-hybridized carbons (Fsp3) is 0.857. The van der Waals surface area contributed by atoms with Crippen molar-refractivity contribution in [1.82, 2.24) is 15.5 Å². The lowest BCUT2D eigenvalue weighted by Gasteiger charge is -2.27. The monoisotopic (exact) mass is 283 g/mol. The average Bonchev–Trinajstić information content (AvgIpc) is 2.84. The Kier molecular flexibility index (Phi) is 5.94. The highest BCUT2D eigenvalue weighted by Crippen LogP contribution is 2.25. The minimum atomic E-state index is -0.498. The van der Waals surface area contributed by atoms with Crippen LogP contribution in [0.4, 0.5) is 0 Å². The van der Waals surface area contributed by atoms with Crippen LogP contribution in [0, 0.1) is 12.8 Å². The normalized spacial score (nSPS) is 24.8. The second-order valence-electron chi connectivity index (χ2n) is 5.73. The molecule has 1 unspecified atom stereocenters. The van der Waals surface area contributed by atoms with Crippen LogP contribution in [0.1, 0.15) is 44.3 Å². The Morgan fingerprint density at radius 1 is 1.40 bits per heavy atom. The molecule has 2 N–H and O–H groups in total. The molecule has 1 heterocycles. The fourth-order valence-electron chi connectivity index (χ4n) is 2.47. The first-order chi connectivity index (χ1) is 9.63. The molecule has 114 valence electrons. The molecule has 0 bridgehead atoms. The number of hydrogen-bond acceptors (Lipinski definition) is 6. The van der Waals surface area contributed by atoms with Crippen molar-refractivity contribution >= 4 is 0 Å². The third-order valence-corrected chi connectivity index (χ3v) is 3.72. The zero-order valence-corrected chi connectivity index (χ0v) is 12.3. The Bertz CT molecular complexity index is 389. The van der Waals surface area contributed by atoms with Gasteiger partial charge in [0.05, 0.1) is 25.4 Å². The van der Waals surface area contributed by atoms with E-state index >= 15 is 0 Å². The van der Waals surface area contributed by atoms with Crippen molar-refractivity contribution < 1.29 is 14.4 Å². The molecule has 6 nitrogen and oxygen atoms in total. The average molecular weight is 283 g/mol. The molecule has 6 heteroatoms. The first-order valence-electron chi connectivity index (χ1n) is 7.43. The lowest BCUT2D eigenvalue weighted by molar-refractivity contribution is -0.0279. The van der Waals surface area contributed by atoms with E-state index in [0.717, 1.165) is 18.8 Å². The number of hydrogen-bond donors (Lipinski definition) is 2. The first kappa shape index (κ1) is 15.4. The summed E-state index contributed by atoms with van der Waals surface area (Å²) < 4.78 is 10.6. The van der Waals surface area contributed by atoms with Crippen molar-refractivity contribution in [3.63, 3.8) is 0 Å². The van der Waals surface area contributed by atoms with Gasteiger partial charge in [-0.2, -0.15) is 4.98 Å². The number of ether oxygens (including phenoxy) is 1. The van der Waals surface area contributed by atoms with Crippen LogP contribution >= 0.6 is 0 Å². The van der Waals surface area contributed by atoms with E-state index in [1.54, 1.807) is 6.92 Å². The SMILES string of the molecule is Cc1nc(CNCC(O)COC2CCC(C)CC2)no1. The van der Waals surface area contributed by atoms with Gasteiger partial charge in [0.25, 0.3) is 0 Å². The molecule has 1 aliphatic rings. The standard InChI is InChI=1S/C14H25N3O3/c1-10-3-5-13(6-4-10)19-9-12(18)7-15-8-14-16-11(2)20-17-14/h10,12-13,15,18H,3-9H2,1-2H3. The highest BCUT2D eigenvalue weighted by molar-refractivity contribution is 4.83. The van der Waals surface area contributed by atoms with Crippen LogP contribution in [-0.2, 0) is 11.3 Å². The summed E-state index contributed by atoms with van der Waals surface area (Å²) in [5.74, 6) is 1.98. The van der Waals surface area contributed by atoms with Crippen LogP contribution in [0.25, 0.3) is 0 Å². The van der Waals surface area contributed by atoms with E-state index in [1.807, 2.05) is 0 Å². The van der Waals surface area contributed by atoms with Crippen molar-refractivity contribution in [3.8, 4) is 0 Å². The third-order valence-electron chi connectivity index (χ3n) is 3.72. The van der Waals surface area contributed by atoms with Gasteiger partial charge in [-0.25, -0.2) is 0 Å². The van der Waals surface area contributed by atoms with E-state index in [9.17, 15) is 5.11 Å². The minimum absolute atomic E-state index is 0.320. The van der Waals surface area contributed by atoms with Crippen LogP contribution in [0.5, 0.6) is 0 Å². The van der Waals surface area contributed by atoms with E-state index in [0.29, 0.717) is 37.5 Å². The molecule has 1 atom stereocenters. The third kappa shape index (κ3) is 5.19. The van der Waals surface area contributed by atoms with E-state index in [-0.39, 0.29) is 0 Å². The summed E-state index contributed by atoms with van der Waals surface area (Å²) in [6, 6.07) is 0. The molecule has 1 fully saturated rings. The Balaban J connectivity index is 1.55. The van der Waals surface area contributed by atoms with Gasteiger partial charge in [-0.05, 0) is 31.6 Å². The highest BCUT2D eigenvalue weighted by atomic mass is 16.5. The lowest BCUT2D eigenvalue weighted by atomic mass is 9.89. The van der Waals surface area contributed by atoms with E-state index in [1.165, 1.54) is 12.8 Å². The number of nitrogens with one attached hydrogen (secondary N) is 1. The van der Waals surface area contributed by atoms with Gasteiger partial charge in [0.2, 0.25) is 5.89 Å². The van der Waals surface area contributed by atoms with E-state index < -0.39 is 6.10 Å². The van der Waals surface area contributed by atoms with Crippen molar-refractivity contribution in [2.24, 2.45) is 5.92 Å². The van der Waals surface area contributed by atoms with E-state index in [4.69, 9.17) is 9.26 Å². The predicted octanol–water partition coefficient (Wildman–Crippen LogP) is 1.42. The van der Waals surface area contributed by atoms with Crippen LogP contribution in [-0.4, -0.2) is 40.6 Å². The van der Waals surface area contributed by atoms with Crippen LogP contribution in [0.3, 0.4) is 0 Å². The zero-order valence-electron chi connectivity index (χ0n) is 12.3. The van der Waals surface area contributed by atoms with Crippen molar-refractivity contribution in [1.29, 1.82) is 0 Å². The van der Waals surface area contributed by atoms with Crippen molar-refractivity contribution in [2.45, 2.75) is 58.3 Å². The number of aromatic nitrogens is 2. The molecule has 0 aromatic carbocycles. The largest absolute Gasteiger partial charge is 0.389 e. The summed E-state index contributed by atoms with van der Waals surface area (Å²) in [6.45, 7) is 5.39. The van der Waals surface area contributed by atoms with Crippen molar-refractivity contribution in [3.05, 3.63) is 11.7 Å². The number of aliphatic hydroxyl groups excluding tert-OH is 1. The number of nitrogens with zero attached hydrogens (tertiary/aromatic N) is 2. The molecule has 0 aliphatic heterocycles. The smallest absolute Gasteiger partial charge is 0.223 e. The molecule has 0 saturated heterocycles. The molecule has 20 heavy (non-hydrogen) atoms. The Morgan fingerprint density at radius 2 is 2.15 bits per heavy atom. The van der Waals surface area contributed by atoms with Gasteiger partial charge in [0, 0.05) is 13.5 Å². The quantitative estimate of drug-likeness (QED) is 0.788. The Morgan fingerprint density at radius 3 is 2.80 bits per heavy atom. The molecule has 1 aromatic rings. The van der Waals surface area contributed by atoms with Crippen LogP contribution in [0.15, 0.2) is 4.52 Å². The van der Waals surface area contributed by atoms with Gasteiger partial charge in [0.15, 0.2) is 5.82 Å². The van der Waals surface area contributed by atoms with Crippen LogP contribution < -0.4 is 5.32 Å². The zero-order chi connectivity index (χ0) is 14.4. The van der Waals surface area contributed by atoms with Gasteiger partial charge >= 0.3 is 0 Å². The molecule has 0 amide bonds. The second-order valence-corrected chi connectivity index (χ2v) is 5.73. The molecule has 2 rings (SSSR count). The van der Waals surface area contributed by atoms with Gasteiger partial charge in [0.1, 0.15) is 0 Å². The second kappa shape index (κ2) is 7.71. The van der Waals surface area contributed by atoms with Gasteiger partial charge in [-0.3, -0.25) is 0 Å². The number of aryl methyl sites for hydroxylation is 1. The molecule has 1 aliphatic carbocycles. The minimum Gasteiger partial charge on any atom is -0.389 e. The maximum Gasteiger partial charge on any atom is 0.223 e. The molecular formula is C14H25N3O3. The predicted molar refractivity (Wildman–Crippen MR) is 74.1 cm³/mol. The summed E-state index contributed by atoms with van der Waals surface area (Å²) >= 11 is 0. The molecule has 1 aromatic heterocycles. The van der Waals surface area contributed by atoms with E-state index in [2.05, 4.69) is 22.4 Å². The fourth-order valence-corrected chi connectivity index (χ4v) is 2.47. The first-order valence-corrected chi connectivity index (χ1v) is 7.43. The number of rotatable bonds is 7. The summed E-state index contributed by atoms with van der Waals surface area (Å²) in [6.07, 6.45) is 4.52. The summed E-state index contributed by atoms with van der Waals surface area (Å²) in [5.41, 5.74) is 0. The topological polar surface area (TPSA) is 80.4 Å². The number of aliphatic hydroxyl groups is 1. The Hall–Kier alpha value is -0.980. The highest BCUT2D eigenvalue weighted by Gasteiger charge is 2.19.